The van der Waals surface area contributed by atoms with Gasteiger partial charge in [-0.2, -0.15) is 0 Å². The maximum Gasteiger partial charge on any atom is 0.225 e. The number of rotatable bonds is 6. The number of halogens is 1. The number of nitrogens with one attached hydrogen (secondary N) is 3. The lowest BCUT2D eigenvalue weighted by Crippen LogP contribution is -2.41. The minimum Gasteiger partial charge on any atom is -0.357 e. The molecule has 0 saturated carbocycles. The van der Waals surface area contributed by atoms with Crippen LogP contribution in [-0.2, 0) is 22.6 Å². The Balaban J connectivity index is 0.00000289. The number of para-hydroxylation sites is 1. The first-order valence-electron chi connectivity index (χ1n) is 10.9. The van der Waals surface area contributed by atoms with E-state index in [-0.39, 0.29) is 41.7 Å². The van der Waals surface area contributed by atoms with Gasteiger partial charge >= 0.3 is 0 Å². The standard InChI is InChI=1S/C23H29N5O2S.HI/c1-2-24-23(26-14-17-13-21(29)27-19-6-4-3-5-18(17)19)25-10-7-22(30)28-11-8-20-16(15-28)9-12-31-20;/h3-6,9,12,17H,2,7-8,10-11,13-15H2,1H3,(H,27,29)(H2,24,25,26);1H. The van der Waals surface area contributed by atoms with E-state index < -0.39 is 0 Å². The lowest BCUT2D eigenvalue weighted by Gasteiger charge is -2.27. The van der Waals surface area contributed by atoms with E-state index in [1.807, 2.05) is 36.1 Å². The number of anilines is 1. The molecule has 2 aliphatic rings. The van der Waals surface area contributed by atoms with Gasteiger partial charge in [0.05, 0.1) is 6.54 Å². The number of hydrogen-bond donors (Lipinski definition) is 3. The molecule has 1 aromatic heterocycles. The van der Waals surface area contributed by atoms with Crippen molar-refractivity contribution in [3.05, 3.63) is 51.7 Å². The maximum atomic E-state index is 12.6. The monoisotopic (exact) mass is 567 g/mol. The number of aliphatic imine (C=N–C) groups is 1. The van der Waals surface area contributed by atoms with Crippen LogP contribution in [0.25, 0.3) is 0 Å². The highest BCUT2D eigenvalue weighted by Crippen LogP contribution is 2.32. The summed E-state index contributed by atoms with van der Waals surface area (Å²) >= 11 is 1.78. The zero-order valence-corrected chi connectivity index (χ0v) is 21.4. The van der Waals surface area contributed by atoms with Crippen molar-refractivity contribution in [2.24, 2.45) is 4.99 Å². The lowest BCUT2D eigenvalue weighted by atomic mass is 9.91. The Bertz CT molecular complexity index is 977. The highest BCUT2D eigenvalue weighted by Gasteiger charge is 2.25. The summed E-state index contributed by atoms with van der Waals surface area (Å²) in [7, 11) is 0. The topological polar surface area (TPSA) is 85.8 Å². The second kappa shape index (κ2) is 11.6. The third kappa shape index (κ3) is 6.00. The van der Waals surface area contributed by atoms with Crippen LogP contribution in [0.4, 0.5) is 5.69 Å². The largest absolute Gasteiger partial charge is 0.357 e. The molecule has 3 heterocycles. The SMILES string of the molecule is CCNC(=NCC1CC(=O)Nc2ccccc21)NCCC(=O)N1CCc2sccc2C1.I. The number of benzene rings is 1. The van der Waals surface area contributed by atoms with Gasteiger partial charge in [0, 0.05) is 55.5 Å². The molecule has 0 bridgehead atoms. The van der Waals surface area contributed by atoms with E-state index in [0.717, 1.165) is 37.3 Å². The van der Waals surface area contributed by atoms with Gasteiger partial charge in [0.15, 0.2) is 5.96 Å². The summed E-state index contributed by atoms with van der Waals surface area (Å²) in [5.74, 6) is 0.920. The minimum absolute atomic E-state index is 0. The van der Waals surface area contributed by atoms with Crippen molar-refractivity contribution in [1.29, 1.82) is 0 Å². The second-order valence-electron chi connectivity index (χ2n) is 7.87. The average Bonchev–Trinajstić information content (AvgIpc) is 3.25. The van der Waals surface area contributed by atoms with Crippen LogP contribution < -0.4 is 16.0 Å². The van der Waals surface area contributed by atoms with Gasteiger partial charge in [0.2, 0.25) is 11.8 Å². The molecular weight excluding hydrogens is 537 g/mol. The van der Waals surface area contributed by atoms with Crippen LogP contribution >= 0.6 is 35.3 Å². The van der Waals surface area contributed by atoms with Crippen molar-refractivity contribution >= 4 is 58.8 Å². The summed E-state index contributed by atoms with van der Waals surface area (Å²) < 4.78 is 0. The normalized spacial score (nSPS) is 17.5. The summed E-state index contributed by atoms with van der Waals surface area (Å²) in [6.45, 7) is 5.30. The van der Waals surface area contributed by atoms with Crippen LogP contribution in [0.15, 0.2) is 40.7 Å². The van der Waals surface area contributed by atoms with Crippen LogP contribution in [0.3, 0.4) is 0 Å². The van der Waals surface area contributed by atoms with E-state index in [1.165, 1.54) is 10.4 Å². The van der Waals surface area contributed by atoms with Crippen LogP contribution in [-0.4, -0.2) is 48.9 Å². The van der Waals surface area contributed by atoms with Crippen molar-refractivity contribution in [3.8, 4) is 0 Å². The molecule has 0 radical (unpaired) electrons. The maximum absolute atomic E-state index is 12.6. The van der Waals surface area contributed by atoms with Gasteiger partial charge in [-0.05, 0) is 42.0 Å². The summed E-state index contributed by atoms with van der Waals surface area (Å²) in [5, 5.41) is 11.5. The first kappa shape index (κ1) is 24.5. The van der Waals surface area contributed by atoms with Crippen molar-refractivity contribution in [1.82, 2.24) is 15.5 Å². The molecule has 0 aliphatic carbocycles. The zero-order valence-electron chi connectivity index (χ0n) is 18.2. The predicted octanol–water partition coefficient (Wildman–Crippen LogP) is 3.32. The Morgan fingerprint density at radius 1 is 1.28 bits per heavy atom. The molecule has 2 aliphatic heterocycles. The van der Waals surface area contributed by atoms with Gasteiger partial charge in [-0.25, -0.2) is 0 Å². The fourth-order valence-electron chi connectivity index (χ4n) is 4.12. The number of fused-ring (bicyclic) bond motifs is 2. The van der Waals surface area contributed by atoms with Gasteiger partial charge in [0.25, 0.3) is 0 Å². The Hall–Kier alpha value is -2.14. The van der Waals surface area contributed by atoms with Gasteiger partial charge in [0.1, 0.15) is 0 Å². The van der Waals surface area contributed by atoms with Crippen LogP contribution in [0, 0.1) is 0 Å². The molecule has 1 aromatic carbocycles. The lowest BCUT2D eigenvalue weighted by molar-refractivity contribution is -0.132. The third-order valence-corrected chi connectivity index (χ3v) is 6.74. The van der Waals surface area contributed by atoms with Crippen molar-refractivity contribution in [2.45, 2.75) is 38.6 Å². The van der Waals surface area contributed by atoms with Crippen molar-refractivity contribution in [2.75, 3.05) is 31.5 Å². The van der Waals surface area contributed by atoms with E-state index >= 15 is 0 Å². The first-order chi connectivity index (χ1) is 15.1. The fourth-order valence-corrected chi connectivity index (χ4v) is 5.00. The Labute approximate surface area is 210 Å². The highest BCUT2D eigenvalue weighted by atomic mass is 127. The molecule has 0 saturated heterocycles. The molecule has 4 rings (SSSR count). The van der Waals surface area contributed by atoms with Crippen LogP contribution in [0.1, 0.15) is 41.7 Å². The van der Waals surface area contributed by atoms with E-state index in [2.05, 4.69) is 27.4 Å². The number of guanidine groups is 1. The first-order valence-corrected chi connectivity index (χ1v) is 11.8. The van der Waals surface area contributed by atoms with Crippen molar-refractivity contribution < 1.29 is 9.59 Å². The van der Waals surface area contributed by atoms with Crippen LogP contribution in [0.2, 0.25) is 0 Å². The number of nitrogens with zero attached hydrogens (tertiary/aromatic N) is 2. The molecule has 7 nitrogen and oxygen atoms in total. The summed E-state index contributed by atoms with van der Waals surface area (Å²) in [5.41, 5.74) is 3.27. The Morgan fingerprint density at radius 3 is 2.97 bits per heavy atom. The molecule has 0 fully saturated rings. The Kier molecular flexibility index (Phi) is 8.92. The molecule has 1 unspecified atom stereocenters. The van der Waals surface area contributed by atoms with E-state index in [4.69, 9.17) is 4.99 Å². The third-order valence-electron chi connectivity index (χ3n) is 5.71. The molecule has 0 spiro atoms. The number of amides is 2. The molecule has 2 amide bonds. The number of hydrogen-bond acceptors (Lipinski definition) is 4. The minimum atomic E-state index is 0. The smallest absolute Gasteiger partial charge is 0.225 e. The quantitative estimate of drug-likeness (QED) is 0.284. The molecular formula is C23H30IN5O2S. The van der Waals surface area contributed by atoms with E-state index in [9.17, 15) is 9.59 Å². The van der Waals surface area contributed by atoms with Gasteiger partial charge in [-0.1, -0.05) is 18.2 Å². The van der Waals surface area contributed by atoms with E-state index in [1.54, 1.807) is 11.3 Å². The fraction of sp³-hybridized carbons (Fsp3) is 0.435. The van der Waals surface area contributed by atoms with Gasteiger partial charge in [-0.15, -0.1) is 35.3 Å². The predicted molar refractivity (Wildman–Crippen MR) is 140 cm³/mol. The summed E-state index contributed by atoms with van der Waals surface area (Å²) in [4.78, 5) is 32.7. The molecule has 3 N–H and O–H groups in total. The van der Waals surface area contributed by atoms with E-state index in [0.29, 0.717) is 31.9 Å². The van der Waals surface area contributed by atoms with Crippen LogP contribution in [0.5, 0.6) is 0 Å². The number of thiophene rings is 1. The second-order valence-corrected chi connectivity index (χ2v) is 8.87. The summed E-state index contributed by atoms with van der Waals surface area (Å²) in [6, 6.07) is 10.0. The summed E-state index contributed by atoms with van der Waals surface area (Å²) in [6.07, 6.45) is 1.81. The van der Waals surface area contributed by atoms with Gasteiger partial charge < -0.3 is 20.9 Å². The molecule has 32 heavy (non-hydrogen) atoms. The number of carbonyl (C=O) groups is 2. The molecule has 2 aromatic rings. The average molecular weight is 567 g/mol. The Morgan fingerprint density at radius 2 is 2.12 bits per heavy atom. The molecule has 9 heteroatoms. The van der Waals surface area contributed by atoms with Crippen molar-refractivity contribution in [3.63, 3.8) is 0 Å². The highest BCUT2D eigenvalue weighted by molar-refractivity contribution is 14.0. The number of carbonyl (C=O) groups excluding carboxylic acids is 2. The zero-order chi connectivity index (χ0) is 21.6. The van der Waals surface area contributed by atoms with Gasteiger partial charge in [-0.3, -0.25) is 14.6 Å². The molecule has 172 valence electrons. The molecule has 1 atom stereocenters.